The average Bonchev–Trinajstić information content (AvgIpc) is 2.40. The van der Waals surface area contributed by atoms with Gasteiger partial charge in [0.25, 0.3) is 0 Å². The molecule has 0 fully saturated rings. The molecule has 0 saturated heterocycles. The van der Waals surface area contributed by atoms with Crippen molar-refractivity contribution in [3.05, 3.63) is 63.6 Å². The molecule has 0 unspecified atom stereocenters. The molecule has 0 aliphatic carbocycles. The van der Waals surface area contributed by atoms with E-state index in [2.05, 4.69) is 91.4 Å². The molecular weight excluding hydrogens is 310 g/mol. The van der Waals surface area contributed by atoms with E-state index in [0.717, 1.165) is 16.7 Å². The molecule has 0 spiro atoms. The zero-order chi connectivity index (χ0) is 14.8. The summed E-state index contributed by atoms with van der Waals surface area (Å²) in [5.41, 5.74) is 5.30. The molecule has 1 N–H and O–H groups in total. The van der Waals surface area contributed by atoms with Crippen LogP contribution in [-0.2, 0) is 12.0 Å². The third-order valence-electron chi connectivity index (χ3n) is 3.47. The zero-order valence-electron chi connectivity index (χ0n) is 12.6. The van der Waals surface area contributed by atoms with E-state index < -0.39 is 0 Å². The second-order valence-corrected chi connectivity index (χ2v) is 7.12. The van der Waals surface area contributed by atoms with E-state index in [4.69, 9.17) is 0 Å². The molecule has 1 nitrogen and oxygen atoms in total. The van der Waals surface area contributed by atoms with Gasteiger partial charge in [-0.15, -0.1) is 0 Å². The highest BCUT2D eigenvalue weighted by molar-refractivity contribution is 9.10. The molecule has 2 aromatic carbocycles. The van der Waals surface area contributed by atoms with Gasteiger partial charge in [0.2, 0.25) is 0 Å². The summed E-state index contributed by atoms with van der Waals surface area (Å²) in [5, 5.41) is 3.47. The molecule has 0 aromatic heterocycles. The van der Waals surface area contributed by atoms with Gasteiger partial charge in [0.15, 0.2) is 0 Å². The number of hydrogen-bond donors (Lipinski definition) is 1. The van der Waals surface area contributed by atoms with Crippen molar-refractivity contribution >= 4 is 21.6 Å². The second-order valence-electron chi connectivity index (χ2n) is 6.26. The first kappa shape index (κ1) is 15.1. The van der Waals surface area contributed by atoms with Gasteiger partial charge in [0.05, 0.1) is 0 Å². The normalized spacial score (nSPS) is 11.4. The minimum absolute atomic E-state index is 0.217. The number of rotatable bonds is 3. The van der Waals surface area contributed by atoms with Crippen molar-refractivity contribution < 1.29 is 0 Å². The standard InChI is InChI=1S/C18H22BrN/c1-13-11-16(9-10-17(13)19)20-12-14-5-7-15(8-6-14)18(2,3)4/h5-11,20H,12H2,1-4H3. The largest absolute Gasteiger partial charge is 0.381 e. The molecule has 0 bridgehead atoms. The molecule has 2 heteroatoms. The predicted molar refractivity (Wildman–Crippen MR) is 91.3 cm³/mol. The van der Waals surface area contributed by atoms with Crippen LogP contribution in [0.5, 0.6) is 0 Å². The Labute approximate surface area is 130 Å². The van der Waals surface area contributed by atoms with E-state index >= 15 is 0 Å². The Balaban J connectivity index is 2.02. The van der Waals surface area contributed by atoms with E-state index in [1.807, 2.05) is 0 Å². The van der Waals surface area contributed by atoms with Gasteiger partial charge in [-0.25, -0.2) is 0 Å². The van der Waals surface area contributed by atoms with Gasteiger partial charge in [-0.05, 0) is 47.2 Å². The fourth-order valence-corrected chi connectivity index (χ4v) is 2.33. The summed E-state index contributed by atoms with van der Waals surface area (Å²) in [4.78, 5) is 0. The summed E-state index contributed by atoms with van der Waals surface area (Å²) in [6, 6.07) is 15.2. The summed E-state index contributed by atoms with van der Waals surface area (Å²) in [5.74, 6) is 0. The van der Waals surface area contributed by atoms with Crippen LogP contribution in [0.25, 0.3) is 0 Å². The molecule has 0 amide bonds. The molecule has 2 aromatic rings. The third kappa shape index (κ3) is 3.86. The summed E-state index contributed by atoms with van der Waals surface area (Å²) >= 11 is 3.52. The van der Waals surface area contributed by atoms with E-state index in [-0.39, 0.29) is 5.41 Å². The summed E-state index contributed by atoms with van der Waals surface area (Å²) in [6.07, 6.45) is 0. The lowest BCUT2D eigenvalue weighted by Crippen LogP contribution is -2.11. The Morgan fingerprint density at radius 1 is 1.00 bits per heavy atom. The molecule has 20 heavy (non-hydrogen) atoms. The lowest BCUT2D eigenvalue weighted by atomic mass is 9.87. The predicted octanol–water partition coefficient (Wildman–Crippen LogP) is 5.67. The van der Waals surface area contributed by atoms with Crippen molar-refractivity contribution in [3.8, 4) is 0 Å². The van der Waals surface area contributed by atoms with Crippen molar-refractivity contribution in [3.63, 3.8) is 0 Å². The first-order chi connectivity index (χ1) is 9.36. The molecule has 106 valence electrons. The quantitative estimate of drug-likeness (QED) is 0.764. The summed E-state index contributed by atoms with van der Waals surface area (Å²) < 4.78 is 1.15. The Hall–Kier alpha value is -1.28. The maximum absolute atomic E-state index is 3.52. The fraction of sp³-hybridized carbons (Fsp3) is 0.333. The average molecular weight is 332 g/mol. The maximum Gasteiger partial charge on any atom is 0.0400 e. The van der Waals surface area contributed by atoms with Gasteiger partial charge in [0, 0.05) is 16.7 Å². The van der Waals surface area contributed by atoms with Gasteiger partial charge >= 0.3 is 0 Å². The maximum atomic E-state index is 3.52. The van der Waals surface area contributed by atoms with Crippen LogP contribution in [0.4, 0.5) is 5.69 Å². The lowest BCUT2D eigenvalue weighted by Gasteiger charge is -2.19. The highest BCUT2D eigenvalue weighted by Gasteiger charge is 2.12. The minimum atomic E-state index is 0.217. The van der Waals surface area contributed by atoms with Gasteiger partial charge in [0.1, 0.15) is 0 Å². The van der Waals surface area contributed by atoms with Crippen molar-refractivity contribution in [1.29, 1.82) is 0 Å². The molecule has 0 aliphatic heterocycles. The summed E-state index contributed by atoms with van der Waals surface area (Å²) in [6.45, 7) is 9.68. The number of anilines is 1. The van der Waals surface area contributed by atoms with Crippen LogP contribution < -0.4 is 5.32 Å². The molecule has 0 saturated carbocycles. The van der Waals surface area contributed by atoms with Crippen molar-refractivity contribution in [1.82, 2.24) is 0 Å². The molecule has 2 rings (SSSR count). The molecule has 0 aliphatic rings. The van der Waals surface area contributed by atoms with Crippen molar-refractivity contribution in [2.45, 2.75) is 39.7 Å². The summed E-state index contributed by atoms with van der Waals surface area (Å²) in [7, 11) is 0. The first-order valence-electron chi connectivity index (χ1n) is 6.96. The third-order valence-corrected chi connectivity index (χ3v) is 4.36. The Morgan fingerprint density at radius 2 is 1.65 bits per heavy atom. The fourth-order valence-electron chi connectivity index (χ4n) is 2.08. The number of hydrogen-bond acceptors (Lipinski definition) is 1. The van der Waals surface area contributed by atoms with Crippen LogP contribution in [0.2, 0.25) is 0 Å². The van der Waals surface area contributed by atoms with Crippen LogP contribution in [0.15, 0.2) is 46.9 Å². The van der Waals surface area contributed by atoms with Crippen molar-refractivity contribution in [2.75, 3.05) is 5.32 Å². The molecule has 0 atom stereocenters. The lowest BCUT2D eigenvalue weighted by molar-refractivity contribution is 0.590. The smallest absolute Gasteiger partial charge is 0.0400 e. The van der Waals surface area contributed by atoms with Crippen LogP contribution in [0, 0.1) is 6.92 Å². The van der Waals surface area contributed by atoms with Gasteiger partial charge in [-0.2, -0.15) is 0 Å². The highest BCUT2D eigenvalue weighted by Crippen LogP contribution is 2.23. The zero-order valence-corrected chi connectivity index (χ0v) is 14.2. The van der Waals surface area contributed by atoms with Crippen LogP contribution in [0.1, 0.15) is 37.5 Å². The monoisotopic (exact) mass is 331 g/mol. The number of halogens is 1. The second kappa shape index (κ2) is 6.01. The van der Waals surface area contributed by atoms with E-state index in [9.17, 15) is 0 Å². The SMILES string of the molecule is Cc1cc(NCc2ccc(C(C)(C)C)cc2)ccc1Br. The first-order valence-corrected chi connectivity index (χ1v) is 7.75. The van der Waals surface area contributed by atoms with Gasteiger partial charge in [-0.3, -0.25) is 0 Å². The minimum Gasteiger partial charge on any atom is -0.381 e. The topological polar surface area (TPSA) is 12.0 Å². The Kier molecular flexibility index (Phi) is 4.54. The number of benzene rings is 2. The van der Waals surface area contributed by atoms with E-state index in [1.165, 1.54) is 16.7 Å². The highest BCUT2D eigenvalue weighted by atomic mass is 79.9. The van der Waals surface area contributed by atoms with Crippen LogP contribution in [0.3, 0.4) is 0 Å². The Bertz CT molecular complexity index is 579. The number of nitrogens with one attached hydrogen (secondary N) is 1. The van der Waals surface area contributed by atoms with Gasteiger partial charge < -0.3 is 5.32 Å². The van der Waals surface area contributed by atoms with Crippen molar-refractivity contribution in [2.24, 2.45) is 0 Å². The van der Waals surface area contributed by atoms with Crippen LogP contribution in [-0.4, -0.2) is 0 Å². The molecular formula is C18H22BrN. The van der Waals surface area contributed by atoms with E-state index in [1.54, 1.807) is 0 Å². The van der Waals surface area contributed by atoms with E-state index in [0.29, 0.717) is 0 Å². The van der Waals surface area contributed by atoms with Gasteiger partial charge in [-0.1, -0.05) is 61.0 Å². The molecule has 0 heterocycles. The molecule has 0 radical (unpaired) electrons. The van der Waals surface area contributed by atoms with Crippen LogP contribution >= 0.6 is 15.9 Å². The Morgan fingerprint density at radius 3 is 2.20 bits per heavy atom. The number of aryl methyl sites for hydroxylation is 1.